The van der Waals surface area contributed by atoms with Crippen molar-refractivity contribution in [3.63, 3.8) is 0 Å². The molecule has 3 nitrogen and oxygen atoms in total. The van der Waals surface area contributed by atoms with Crippen molar-refractivity contribution in [1.82, 2.24) is 14.5 Å². The Labute approximate surface area is 96.5 Å². The molecule has 2 heterocycles. The number of pyridine rings is 1. The van der Waals surface area contributed by atoms with Gasteiger partial charge in [0, 0.05) is 18.7 Å². The van der Waals surface area contributed by atoms with Crippen LogP contribution in [0.2, 0.25) is 0 Å². The molecule has 0 spiro atoms. The maximum atomic E-state index is 4.68. The van der Waals surface area contributed by atoms with Crippen LogP contribution in [0.4, 0.5) is 0 Å². The molecule has 0 aliphatic rings. The lowest BCUT2D eigenvalue weighted by Crippen LogP contribution is -2.01. The number of rotatable bonds is 2. The van der Waals surface area contributed by atoms with E-state index in [4.69, 9.17) is 0 Å². The first-order chi connectivity index (χ1) is 7.50. The fourth-order valence-corrected chi connectivity index (χ4v) is 1.93. The Morgan fingerprint density at radius 1 is 1.00 bits per heavy atom. The number of imidazole rings is 1. The lowest BCUT2D eigenvalue weighted by Gasteiger charge is -2.06. The third-order valence-electron chi connectivity index (χ3n) is 2.88. The van der Waals surface area contributed by atoms with E-state index in [1.807, 2.05) is 7.05 Å². The SMILES string of the molecule is CC(C)c1ccc2nc(C(C)C)n(C)c2n1. The fraction of sp³-hybridized carbons (Fsp3) is 0.538. The smallest absolute Gasteiger partial charge is 0.160 e. The summed E-state index contributed by atoms with van der Waals surface area (Å²) in [5, 5.41) is 0. The molecule has 0 radical (unpaired) electrons. The second kappa shape index (κ2) is 3.89. The normalized spacial score (nSPS) is 11.9. The van der Waals surface area contributed by atoms with Crippen molar-refractivity contribution in [3.05, 3.63) is 23.7 Å². The standard InChI is InChI=1S/C13H19N3/c1-8(2)10-6-7-11-13(14-10)16(5)12(15-11)9(3)4/h6-9H,1-5H3. The summed E-state index contributed by atoms with van der Waals surface area (Å²) < 4.78 is 2.10. The maximum Gasteiger partial charge on any atom is 0.160 e. The van der Waals surface area contributed by atoms with Crippen LogP contribution in [-0.4, -0.2) is 14.5 Å². The van der Waals surface area contributed by atoms with E-state index in [1.165, 1.54) is 0 Å². The molecule has 16 heavy (non-hydrogen) atoms. The molecule has 0 aliphatic heterocycles. The molecule has 0 aliphatic carbocycles. The predicted molar refractivity (Wildman–Crippen MR) is 66.7 cm³/mol. The van der Waals surface area contributed by atoms with Gasteiger partial charge >= 0.3 is 0 Å². The van der Waals surface area contributed by atoms with Crippen molar-refractivity contribution in [2.75, 3.05) is 0 Å². The van der Waals surface area contributed by atoms with Crippen LogP contribution >= 0.6 is 0 Å². The first-order valence-corrected chi connectivity index (χ1v) is 5.84. The minimum absolute atomic E-state index is 0.432. The highest BCUT2D eigenvalue weighted by Gasteiger charge is 2.12. The van der Waals surface area contributed by atoms with Gasteiger partial charge in [-0.15, -0.1) is 0 Å². The molecule has 2 aromatic rings. The number of aryl methyl sites for hydroxylation is 1. The summed E-state index contributed by atoms with van der Waals surface area (Å²) in [5.41, 5.74) is 3.12. The molecule has 0 aromatic carbocycles. The highest BCUT2D eigenvalue weighted by Crippen LogP contribution is 2.21. The quantitative estimate of drug-likeness (QED) is 0.773. The van der Waals surface area contributed by atoms with Gasteiger partial charge in [0.1, 0.15) is 11.3 Å². The Bertz CT molecular complexity index is 509. The molecule has 3 heteroatoms. The van der Waals surface area contributed by atoms with Crippen LogP contribution in [0, 0.1) is 0 Å². The minimum atomic E-state index is 0.432. The van der Waals surface area contributed by atoms with Crippen LogP contribution in [-0.2, 0) is 7.05 Å². The van der Waals surface area contributed by atoms with Crippen molar-refractivity contribution in [2.45, 2.75) is 39.5 Å². The monoisotopic (exact) mass is 217 g/mol. The van der Waals surface area contributed by atoms with Crippen LogP contribution < -0.4 is 0 Å². The first kappa shape index (κ1) is 11.1. The van der Waals surface area contributed by atoms with Crippen molar-refractivity contribution in [3.8, 4) is 0 Å². The molecule has 0 amide bonds. The van der Waals surface area contributed by atoms with Gasteiger partial charge in [-0.2, -0.15) is 0 Å². The Morgan fingerprint density at radius 3 is 2.25 bits per heavy atom. The van der Waals surface area contributed by atoms with Gasteiger partial charge in [-0.25, -0.2) is 9.97 Å². The summed E-state index contributed by atoms with van der Waals surface area (Å²) >= 11 is 0. The maximum absolute atomic E-state index is 4.68. The average Bonchev–Trinajstić information content (AvgIpc) is 2.56. The molecule has 2 aromatic heterocycles. The Hall–Kier alpha value is -1.38. The highest BCUT2D eigenvalue weighted by atomic mass is 15.1. The summed E-state index contributed by atoms with van der Waals surface area (Å²) in [6.45, 7) is 8.64. The molecule has 0 bridgehead atoms. The van der Waals surface area contributed by atoms with E-state index in [0.717, 1.165) is 22.7 Å². The molecular formula is C13H19N3. The molecule has 0 fully saturated rings. The van der Waals surface area contributed by atoms with Gasteiger partial charge in [0.05, 0.1) is 0 Å². The van der Waals surface area contributed by atoms with Gasteiger partial charge in [-0.3, -0.25) is 0 Å². The zero-order chi connectivity index (χ0) is 11.9. The number of fused-ring (bicyclic) bond motifs is 1. The Kier molecular flexibility index (Phi) is 2.70. The molecule has 2 rings (SSSR count). The van der Waals surface area contributed by atoms with Gasteiger partial charge < -0.3 is 4.57 Å². The van der Waals surface area contributed by atoms with Gasteiger partial charge in [0.2, 0.25) is 0 Å². The number of nitrogens with zero attached hydrogens (tertiary/aromatic N) is 3. The average molecular weight is 217 g/mol. The topological polar surface area (TPSA) is 30.7 Å². The van der Waals surface area contributed by atoms with E-state index in [9.17, 15) is 0 Å². The van der Waals surface area contributed by atoms with Gasteiger partial charge in [-0.05, 0) is 18.1 Å². The lowest BCUT2D eigenvalue weighted by atomic mass is 10.1. The Balaban J connectivity index is 2.64. The summed E-state index contributed by atoms with van der Waals surface area (Å²) in [7, 11) is 2.04. The zero-order valence-corrected chi connectivity index (χ0v) is 10.7. The van der Waals surface area contributed by atoms with E-state index in [1.54, 1.807) is 0 Å². The van der Waals surface area contributed by atoms with E-state index in [0.29, 0.717) is 11.8 Å². The van der Waals surface area contributed by atoms with Gasteiger partial charge in [-0.1, -0.05) is 27.7 Å². The molecule has 0 atom stereocenters. The van der Waals surface area contributed by atoms with E-state index >= 15 is 0 Å². The molecular weight excluding hydrogens is 198 g/mol. The number of hydrogen-bond acceptors (Lipinski definition) is 2. The van der Waals surface area contributed by atoms with Crippen molar-refractivity contribution < 1.29 is 0 Å². The molecule has 0 unspecified atom stereocenters. The second-order valence-corrected chi connectivity index (χ2v) is 4.92. The van der Waals surface area contributed by atoms with E-state index in [2.05, 4.69) is 54.4 Å². The van der Waals surface area contributed by atoms with Gasteiger partial charge in [0.15, 0.2) is 5.65 Å². The molecule has 0 saturated carbocycles. The van der Waals surface area contributed by atoms with E-state index < -0.39 is 0 Å². The predicted octanol–water partition coefficient (Wildman–Crippen LogP) is 3.22. The fourth-order valence-electron chi connectivity index (χ4n) is 1.93. The molecule has 0 N–H and O–H groups in total. The number of hydrogen-bond donors (Lipinski definition) is 0. The lowest BCUT2D eigenvalue weighted by molar-refractivity contribution is 0.717. The van der Waals surface area contributed by atoms with E-state index in [-0.39, 0.29) is 0 Å². The first-order valence-electron chi connectivity index (χ1n) is 5.84. The number of aromatic nitrogens is 3. The minimum Gasteiger partial charge on any atom is -0.316 e. The Morgan fingerprint density at radius 2 is 1.69 bits per heavy atom. The zero-order valence-electron chi connectivity index (χ0n) is 10.7. The largest absolute Gasteiger partial charge is 0.316 e. The van der Waals surface area contributed by atoms with Crippen molar-refractivity contribution in [1.29, 1.82) is 0 Å². The van der Waals surface area contributed by atoms with Crippen molar-refractivity contribution in [2.24, 2.45) is 7.05 Å². The second-order valence-electron chi connectivity index (χ2n) is 4.92. The van der Waals surface area contributed by atoms with Crippen molar-refractivity contribution >= 4 is 11.2 Å². The summed E-state index contributed by atoms with van der Waals surface area (Å²) in [5.74, 6) is 1.99. The summed E-state index contributed by atoms with van der Waals surface area (Å²) in [6.07, 6.45) is 0. The summed E-state index contributed by atoms with van der Waals surface area (Å²) in [6, 6.07) is 4.15. The van der Waals surface area contributed by atoms with Gasteiger partial charge in [0.25, 0.3) is 0 Å². The van der Waals surface area contributed by atoms with Crippen LogP contribution in [0.3, 0.4) is 0 Å². The van der Waals surface area contributed by atoms with Crippen LogP contribution in [0.5, 0.6) is 0 Å². The molecule has 0 saturated heterocycles. The van der Waals surface area contributed by atoms with Crippen LogP contribution in [0.1, 0.15) is 51.0 Å². The molecule has 86 valence electrons. The summed E-state index contributed by atoms with van der Waals surface area (Å²) in [4.78, 5) is 9.29. The van der Waals surface area contributed by atoms with Crippen LogP contribution in [0.25, 0.3) is 11.2 Å². The highest BCUT2D eigenvalue weighted by molar-refractivity contribution is 5.71. The van der Waals surface area contributed by atoms with Crippen LogP contribution in [0.15, 0.2) is 12.1 Å². The third kappa shape index (κ3) is 1.70. The third-order valence-corrected chi connectivity index (χ3v) is 2.88.